The summed E-state index contributed by atoms with van der Waals surface area (Å²) in [5.41, 5.74) is 6.71. The van der Waals surface area contributed by atoms with E-state index in [2.05, 4.69) is 10.2 Å². The van der Waals surface area contributed by atoms with Gasteiger partial charge in [0.05, 0.1) is 17.7 Å². The number of rotatable bonds is 3. The molecule has 0 fully saturated rings. The van der Waals surface area contributed by atoms with Crippen molar-refractivity contribution in [2.45, 2.75) is 4.90 Å². The first-order valence-corrected chi connectivity index (χ1v) is 6.77. The number of benzene rings is 1. The molecule has 0 bridgehead atoms. The van der Waals surface area contributed by atoms with Crippen LogP contribution in [0.5, 0.6) is 5.88 Å². The summed E-state index contributed by atoms with van der Waals surface area (Å²) >= 11 is 0. The van der Waals surface area contributed by atoms with Gasteiger partial charge in [-0.1, -0.05) is 0 Å². The predicted molar refractivity (Wildman–Crippen MR) is 69.8 cm³/mol. The maximum Gasteiger partial charge on any atom is 0.238 e. The van der Waals surface area contributed by atoms with Crippen molar-refractivity contribution in [3.63, 3.8) is 0 Å². The van der Waals surface area contributed by atoms with Crippen molar-refractivity contribution in [2.75, 3.05) is 12.8 Å². The SMILES string of the molecule is COc1ccc(-c2cc(N)ccc2S(N)(=O)=O)nn1. The summed E-state index contributed by atoms with van der Waals surface area (Å²) in [4.78, 5) is -0.0545. The van der Waals surface area contributed by atoms with Gasteiger partial charge >= 0.3 is 0 Å². The van der Waals surface area contributed by atoms with E-state index >= 15 is 0 Å². The van der Waals surface area contributed by atoms with Crippen molar-refractivity contribution < 1.29 is 13.2 Å². The largest absolute Gasteiger partial charge is 0.480 e. The molecule has 7 nitrogen and oxygen atoms in total. The van der Waals surface area contributed by atoms with Gasteiger partial charge in [-0.25, -0.2) is 13.6 Å². The molecule has 0 unspecified atom stereocenters. The van der Waals surface area contributed by atoms with E-state index in [-0.39, 0.29) is 4.90 Å². The van der Waals surface area contributed by atoms with Crippen LogP contribution in [0.15, 0.2) is 35.2 Å². The zero-order valence-electron chi connectivity index (χ0n) is 10.1. The fourth-order valence-electron chi connectivity index (χ4n) is 1.57. The molecule has 0 amide bonds. The summed E-state index contributed by atoms with van der Waals surface area (Å²) < 4.78 is 27.9. The summed E-state index contributed by atoms with van der Waals surface area (Å²) in [5, 5.41) is 12.8. The molecule has 0 atom stereocenters. The molecule has 0 spiro atoms. The molecule has 100 valence electrons. The molecule has 0 aliphatic carbocycles. The Balaban J connectivity index is 2.63. The Labute approximate surface area is 110 Å². The Bertz CT molecular complexity index is 698. The van der Waals surface area contributed by atoms with Crippen molar-refractivity contribution in [3.8, 4) is 17.1 Å². The zero-order valence-corrected chi connectivity index (χ0v) is 10.9. The minimum absolute atomic E-state index is 0.0545. The van der Waals surface area contributed by atoms with Gasteiger partial charge in [-0.2, -0.15) is 0 Å². The van der Waals surface area contributed by atoms with E-state index in [9.17, 15) is 8.42 Å². The van der Waals surface area contributed by atoms with Gasteiger partial charge < -0.3 is 10.5 Å². The smallest absolute Gasteiger partial charge is 0.238 e. The van der Waals surface area contributed by atoms with Crippen LogP contribution in [0.3, 0.4) is 0 Å². The number of nitrogens with zero attached hydrogens (tertiary/aromatic N) is 2. The van der Waals surface area contributed by atoms with Gasteiger partial charge in [0, 0.05) is 17.3 Å². The van der Waals surface area contributed by atoms with E-state index in [0.29, 0.717) is 22.8 Å². The number of hydrogen-bond donors (Lipinski definition) is 2. The molecule has 0 radical (unpaired) electrons. The average molecular weight is 280 g/mol. The van der Waals surface area contributed by atoms with Crippen molar-refractivity contribution in [1.29, 1.82) is 0 Å². The van der Waals surface area contributed by atoms with Gasteiger partial charge in [0.1, 0.15) is 0 Å². The fraction of sp³-hybridized carbons (Fsp3) is 0.0909. The highest BCUT2D eigenvalue weighted by Gasteiger charge is 2.16. The van der Waals surface area contributed by atoms with E-state index in [0.717, 1.165) is 0 Å². The Morgan fingerprint density at radius 3 is 2.42 bits per heavy atom. The molecular formula is C11H12N4O3S. The average Bonchev–Trinajstić information content (AvgIpc) is 2.37. The standard InChI is InChI=1S/C11H12N4O3S/c1-18-11-5-3-9(14-15-11)8-6-7(12)2-4-10(8)19(13,16)17/h2-6H,12H2,1H3,(H2,13,16,17). The molecule has 0 aliphatic rings. The number of anilines is 1. The lowest BCUT2D eigenvalue weighted by Crippen LogP contribution is -2.14. The van der Waals surface area contributed by atoms with Gasteiger partial charge in [0.15, 0.2) is 0 Å². The summed E-state index contributed by atoms with van der Waals surface area (Å²) in [6.07, 6.45) is 0. The van der Waals surface area contributed by atoms with Crippen molar-refractivity contribution in [2.24, 2.45) is 5.14 Å². The first-order chi connectivity index (χ1) is 8.91. The van der Waals surface area contributed by atoms with E-state index in [1.165, 1.54) is 25.3 Å². The van der Waals surface area contributed by atoms with Crippen LogP contribution < -0.4 is 15.6 Å². The van der Waals surface area contributed by atoms with Gasteiger partial charge in [0.25, 0.3) is 0 Å². The maximum absolute atomic E-state index is 11.5. The lowest BCUT2D eigenvalue weighted by molar-refractivity contribution is 0.392. The van der Waals surface area contributed by atoms with E-state index in [1.54, 1.807) is 12.1 Å². The lowest BCUT2D eigenvalue weighted by Gasteiger charge is -2.08. The minimum Gasteiger partial charge on any atom is -0.480 e. The maximum atomic E-state index is 11.5. The van der Waals surface area contributed by atoms with Crippen LogP contribution in [-0.4, -0.2) is 25.7 Å². The third kappa shape index (κ3) is 2.80. The van der Waals surface area contributed by atoms with Crippen molar-refractivity contribution in [3.05, 3.63) is 30.3 Å². The number of nitrogen functional groups attached to an aromatic ring is 1. The number of hydrogen-bond acceptors (Lipinski definition) is 6. The third-order valence-corrected chi connectivity index (χ3v) is 3.40. The molecule has 1 aromatic carbocycles. The number of sulfonamides is 1. The zero-order chi connectivity index (χ0) is 14.0. The highest BCUT2D eigenvalue weighted by Crippen LogP contribution is 2.27. The van der Waals surface area contributed by atoms with Crippen LogP contribution in [0.1, 0.15) is 0 Å². The molecule has 0 saturated heterocycles. The Morgan fingerprint density at radius 2 is 1.89 bits per heavy atom. The van der Waals surface area contributed by atoms with Crippen LogP contribution in [0.25, 0.3) is 11.3 Å². The molecule has 1 heterocycles. The lowest BCUT2D eigenvalue weighted by atomic mass is 10.1. The first kappa shape index (κ1) is 13.2. The third-order valence-electron chi connectivity index (χ3n) is 2.44. The van der Waals surface area contributed by atoms with Gasteiger partial charge in [-0.05, 0) is 24.3 Å². The molecule has 0 aliphatic heterocycles. The summed E-state index contributed by atoms with van der Waals surface area (Å²) in [6.45, 7) is 0. The molecule has 2 rings (SSSR count). The molecule has 2 aromatic rings. The quantitative estimate of drug-likeness (QED) is 0.784. The number of ether oxygens (including phenoxy) is 1. The summed E-state index contributed by atoms with van der Waals surface area (Å²) in [6, 6.07) is 7.43. The monoisotopic (exact) mass is 280 g/mol. The Morgan fingerprint density at radius 1 is 1.16 bits per heavy atom. The summed E-state index contributed by atoms with van der Waals surface area (Å²) in [7, 11) is -2.41. The number of methoxy groups -OCH3 is 1. The van der Waals surface area contributed by atoms with Crippen molar-refractivity contribution >= 4 is 15.7 Å². The van der Waals surface area contributed by atoms with Gasteiger partial charge in [-0.3, -0.25) is 0 Å². The number of primary sulfonamides is 1. The Hall–Kier alpha value is -2.19. The fourth-order valence-corrected chi connectivity index (χ4v) is 2.30. The normalized spacial score (nSPS) is 11.3. The molecule has 4 N–H and O–H groups in total. The molecular weight excluding hydrogens is 268 g/mol. The van der Waals surface area contributed by atoms with Gasteiger partial charge in [-0.15, -0.1) is 10.2 Å². The van der Waals surface area contributed by atoms with Crippen LogP contribution in [0, 0.1) is 0 Å². The topological polar surface area (TPSA) is 121 Å². The highest BCUT2D eigenvalue weighted by molar-refractivity contribution is 7.89. The van der Waals surface area contributed by atoms with Gasteiger partial charge in [0.2, 0.25) is 15.9 Å². The van der Waals surface area contributed by atoms with E-state index in [1.807, 2.05) is 0 Å². The van der Waals surface area contributed by atoms with E-state index in [4.69, 9.17) is 15.6 Å². The highest BCUT2D eigenvalue weighted by atomic mass is 32.2. The second kappa shape index (κ2) is 4.82. The molecule has 19 heavy (non-hydrogen) atoms. The second-order valence-electron chi connectivity index (χ2n) is 3.76. The number of aromatic nitrogens is 2. The molecule has 0 saturated carbocycles. The van der Waals surface area contributed by atoms with Crippen LogP contribution in [0.4, 0.5) is 5.69 Å². The van der Waals surface area contributed by atoms with Crippen LogP contribution in [0.2, 0.25) is 0 Å². The molecule has 8 heteroatoms. The van der Waals surface area contributed by atoms with Crippen molar-refractivity contribution in [1.82, 2.24) is 10.2 Å². The molecule has 1 aromatic heterocycles. The predicted octanol–water partition coefficient (Wildman–Crippen LogP) is 0.382. The Kier molecular flexibility index (Phi) is 3.36. The summed E-state index contributed by atoms with van der Waals surface area (Å²) in [5.74, 6) is 0.324. The number of nitrogens with two attached hydrogens (primary N) is 2. The van der Waals surface area contributed by atoms with Crippen LogP contribution >= 0.6 is 0 Å². The van der Waals surface area contributed by atoms with Crippen LogP contribution in [-0.2, 0) is 10.0 Å². The first-order valence-electron chi connectivity index (χ1n) is 5.22. The minimum atomic E-state index is -3.87. The second-order valence-corrected chi connectivity index (χ2v) is 5.29. The van der Waals surface area contributed by atoms with E-state index < -0.39 is 10.0 Å².